The SMILES string of the molecule is C=C1O[C@@H](n2cc(F)c(N)nc2=O)[C@H](O)[C@@H]1O. The second kappa shape index (κ2) is 3.82. The Hall–Kier alpha value is -1.93. The summed E-state index contributed by atoms with van der Waals surface area (Å²) in [5.41, 5.74) is 4.21. The number of aromatic nitrogens is 2. The smallest absolute Gasteiger partial charge is 0.352 e. The van der Waals surface area contributed by atoms with Crippen LogP contribution in [0.2, 0.25) is 0 Å². The molecule has 1 aromatic heterocycles. The maximum absolute atomic E-state index is 13.2. The zero-order valence-electron chi connectivity index (χ0n) is 8.58. The predicted molar refractivity (Wildman–Crippen MR) is 54.1 cm³/mol. The number of nitrogen functional groups attached to an aromatic ring is 1. The molecule has 0 aromatic carbocycles. The first kappa shape index (κ1) is 11.6. The monoisotopic (exact) mass is 243 g/mol. The molecule has 0 aliphatic carbocycles. The summed E-state index contributed by atoms with van der Waals surface area (Å²) in [7, 11) is 0. The molecule has 1 aliphatic rings. The van der Waals surface area contributed by atoms with Gasteiger partial charge in [0.2, 0.25) is 6.23 Å². The van der Waals surface area contributed by atoms with Crippen LogP contribution < -0.4 is 11.4 Å². The van der Waals surface area contributed by atoms with Crippen LogP contribution in [0.25, 0.3) is 0 Å². The number of aliphatic hydroxyl groups is 2. The van der Waals surface area contributed by atoms with Crippen LogP contribution in [0.15, 0.2) is 23.3 Å². The van der Waals surface area contributed by atoms with E-state index in [1.54, 1.807) is 0 Å². The van der Waals surface area contributed by atoms with Gasteiger partial charge in [0.1, 0.15) is 18.0 Å². The molecular formula is C9H10FN3O4. The van der Waals surface area contributed by atoms with Crippen molar-refractivity contribution < 1.29 is 19.3 Å². The lowest BCUT2D eigenvalue weighted by molar-refractivity contribution is -0.0167. The third-order valence-corrected chi connectivity index (χ3v) is 2.43. The van der Waals surface area contributed by atoms with E-state index >= 15 is 0 Å². The van der Waals surface area contributed by atoms with Crippen LogP contribution in [0, 0.1) is 5.82 Å². The van der Waals surface area contributed by atoms with Gasteiger partial charge < -0.3 is 20.7 Å². The molecule has 2 heterocycles. The second-order valence-electron chi connectivity index (χ2n) is 3.57. The molecule has 7 nitrogen and oxygen atoms in total. The fourth-order valence-electron chi connectivity index (χ4n) is 1.50. The Bertz CT molecular complexity index is 529. The number of aliphatic hydroxyl groups excluding tert-OH is 2. The van der Waals surface area contributed by atoms with Crippen LogP contribution >= 0.6 is 0 Å². The average Bonchev–Trinajstić information content (AvgIpc) is 2.51. The van der Waals surface area contributed by atoms with E-state index in [1.165, 1.54) is 0 Å². The largest absolute Gasteiger partial charge is 0.469 e. The van der Waals surface area contributed by atoms with Crippen LogP contribution in [-0.2, 0) is 4.74 Å². The lowest BCUT2D eigenvalue weighted by Gasteiger charge is -2.16. The molecule has 1 aliphatic heterocycles. The number of ether oxygens (including phenoxy) is 1. The Morgan fingerprint density at radius 3 is 2.76 bits per heavy atom. The highest BCUT2D eigenvalue weighted by molar-refractivity contribution is 5.26. The molecule has 1 fully saturated rings. The van der Waals surface area contributed by atoms with Gasteiger partial charge >= 0.3 is 5.69 Å². The van der Waals surface area contributed by atoms with E-state index in [1.807, 2.05) is 0 Å². The molecule has 0 radical (unpaired) electrons. The second-order valence-corrected chi connectivity index (χ2v) is 3.57. The highest BCUT2D eigenvalue weighted by Crippen LogP contribution is 2.29. The third kappa shape index (κ3) is 1.77. The van der Waals surface area contributed by atoms with Gasteiger partial charge in [-0.2, -0.15) is 4.98 Å². The highest BCUT2D eigenvalue weighted by Gasteiger charge is 2.40. The van der Waals surface area contributed by atoms with E-state index in [0.717, 1.165) is 6.20 Å². The molecule has 4 N–H and O–H groups in total. The van der Waals surface area contributed by atoms with Gasteiger partial charge in [0.25, 0.3) is 0 Å². The van der Waals surface area contributed by atoms with Gasteiger partial charge in [-0.1, -0.05) is 6.58 Å². The van der Waals surface area contributed by atoms with Crippen LogP contribution in [0.5, 0.6) is 0 Å². The van der Waals surface area contributed by atoms with Gasteiger partial charge in [0, 0.05) is 0 Å². The van der Waals surface area contributed by atoms with Crippen LogP contribution in [-0.4, -0.2) is 32.0 Å². The Kier molecular flexibility index (Phi) is 2.60. The quantitative estimate of drug-likeness (QED) is 0.567. The number of nitrogens with two attached hydrogens (primary N) is 1. The van der Waals surface area contributed by atoms with E-state index in [9.17, 15) is 19.4 Å². The average molecular weight is 243 g/mol. The molecule has 2 rings (SSSR count). The van der Waals surface area contributed by atoms with Crippen molar-refractivity contribution in [1.29, 1.82) is 0 Å². The summed E-state index contributed by atoms with van der Waals surface area (Å²) >= 11 is 0. The Balaban J connectivity index is 2.46. The number of hydrogen-bond donors (Lipinski definition) is 3. The van der Waals surface area contributed by atoms with E-state index < -0.39 is 35.8 Å². The summed E-state index contributed by atoms with van der Waals surface area (Å²) in [6, 6.07) is 0. The zero-order valence-corrected chi connectivity index (χ0v) is 8.58. The summed E-state index contributed by atoms with van der Waals surface area (Å²) in [4.78, 5) is 14.7. The fourth-order valence-corrected chi connectivity index (χ4v) is 1.50. The minimum atomic E-state index is -1.43. The highest BCUT2D eigenvalue weighted by atomic mass is 19.1. The Morgan fingerprint density at radius 2 is 2.24 bits per heavy atom. The van der Waals surface area contributed by atoms with Crippen LogP contribution in [0.3, 0.4) is 0 Å². The minimum absolute atomic E-state index is 0.105. The first-order valence-electron chi connectivity index (χ1n) is 4.67. The summed E-state index contributed by atoms with van der Waals surface area (Å²) in [6.07, 6.45) is -3.28. The Labute approximate surface area is 94.6 Å². The summed E-state index contributed by atoms with van der Waals surface area (Å²) in [5.74, 6) is -1.57. The molecule has 1 aromatic rings. The number of hydrogen-bond acceptors (Lipinski definition) is 6. The minimum Gasteiger partial charge on any atom is -0.469 e. The van der Waals surface area contributed by atoms with Crippen molar-refractivity contribution in [2.75, 3.05) is 5.73 Å². The maximum atomic E-state index is 13.2. The zero-order chi connectivity index (χ0) is 12.7. The van der Waals surface area contributed by atoms with E-state index in [2.05, 4.69) is 11.6 Å². The van der Waals surface area contributed by atoms with Crippen molar-refractivity contribution in [2.45, 2.75) is 18.4 Å². The molecule has 0 spiro atoms. The number of nitrogens with zero attached hydrogens (tertiary/aromatic N) is 2. The van der Waals surface area contributed by atoms with Gasteiger partial charge in [0.15, 0.2) is 11.6 Å². The van der Waals surface area contributed by atoms with Gasteiger partial charge in [0.05, 0.1) is 6.20 Å². The van der Waals surface area contributed by atoms with Crippen molar-refractivity contribution in [3.63, 3.8) is 0 Å². The molecule has 17 heavy (non-hydrogen) atoms. The van der Waals surface area contributed by atoms with E-state index in [0.29, 0.717) is 4.57 Å². The molecule has 0 saturated carbocycles. The molecule has 3 atom stereocenters. The van der Waals surface area contributed by atoms with Crippen molar-refractivity contribution in [2.24, 2.45) is 0 Å². The standard InChI is InChI=1S/C9H10FN3O4/c1-3-5(14)6(15)8(17-3)13-2-4(10)7(11)12-9(13)16/h2,5-6,8,14-15H,1H2,(H2,11,12,16)/t5-,6-,8-/m1/s1. The molecule has 0 bridgehead atoms. The van der Waals surface area contributed by atoms with Crippen molar-refractivity contribution in [3.8, 4) is 0 Å². The van der Waals surface area contributed by atoms with Crippen molar-refractivity contribution in [3.05, 3.63) is 34.8 Å². The molecule has 92 valence electrons. The molecule has 0 unspecified atom stereocenters. The number of rotatable bonds is 1. The number of anilines is 1. The fraction of sp³-hybridized carbons (Fsp3) is 0.333. The summed E-state index contributed by atoms with van der Waals surface area (Å²) in [6.45, 7) is 3.34. The van der Waals surface area contributed by atoms with Crippen molar-refractivity contribution >= 4 is 5.82 Å². The Morgan fingerprint density at radius 1 is 1.59 bits per heavy atom. The van der Waals surface area contributed by atoms with E-state index in [4.69, 9.17) is 10.5 Å². The number of halogens is 1. The molecule has 8 heteroatoms. The van der Waals surface area contributed by atoms with Gasteiger partial charge in [-0.05, 0) is 0 Å². The summed E-state index contributed by atoms with van der Waals surface area (Å²) < 4.78 is 18.8. The van der Waals surface area contributed by atoms with Crippen LogP contribution in [0.4, 0.5) is 10.2 Å². The van der Waals surface area contributed by atoms with Gasteiger partial charge in [-0.3, -0.25) is 4.57 Å². The topological polar surface area (TPSA) is 111 Å². The molecular weight excluding hydrogens is 233 g/mol. The van der Waals surface area contributed by atoms with Crippen LogP contribution in [0.1, 0.15) is 6.23 Å². The maximum Gasteiger partial charge on any atom is 0.352 e. The molecule has 1 saturated heterocycles. The van der Waals surface area contributed by atoms with E-state index in [-0.39, 0.29) is 5.76 Å². The van der Waals surface area contributed by atoms with Crippen molar-refractivity contribution in [1.82, 2.24) is 9.55 Å². The molecule has 0 amide bonds. The summed E-state index contributed by atoms with van der Waals surface area (Å²) in [5, 5.41) is 19.0. The lowest BCUT2D eigenvalue weighted by Crippen LogP contribution is -2.35. The lowest BCUT2D eigenvalue weighted by atomic mass is 10.2. The normalized spacial score (nSPS) is 28.2. The third-order valence-electron chi connectivity index (χ3n) is 2.43. The van der Waals surface area contributed by atoms with Gasteiger partial charge in [-0.25, -0.2) is 9.18 Å². The first-order valence-corrected chi connectivity index (χ1v) is 4.67. The van der Waals surface area contributed by atoms with Gasteiger partial charge in [-0.15, -0.1) is 0 Å². The predicted octanol–water partition coefficient (Wildman–Crippen LogP) is -1.27. The first-order chi connectivity index (χ1) is 7.91.